The van der Waals surface area contributed by atoms with E-state index in [1.807, 2.05) is 0 Å². The Labute approximate surface area is 289 Å². The Bertz CT molecular complexity index is 1900. The number of nitrogens with zero attached hydrogens (tertiary/aromatic N) is 2. The molecule has 232 valence electrons. The van der Waals surface area contributed by atoms with E-state index in [-0.39, 0.29) is 31.9 Å². The third-order valence-electron chi connectivity index (χ3n) is 9.39. The van der Waals surface area contributed by atoms with Crippen molar-refractivity contribution < 1.29 is 21.1 Å². The van der Waals surface area contributed by atoms with Crippen LogP contribution in [0.2, 0.25) is 0 Å². The minimum absolute atomic E-state index is 0. The molecule has 0 saturated carbocycles. The third kappa shape index (κ3) is 5.45. The second-order valence-electron chi connectivity index (χ2n) is 14.4. The zero-order valence-electron chi connectivity index (χ0n) is 27.5. The van der Waals surface area contributed by atoms with Crippen LogP contribution in [0.15, 0.2) is 120 Å². The van der Waals surface area contributed by atoms with E-state index in [4.69, 9.17) is 9.98 Å². The SMILES string of the molecule is CC(C)(C)c1c[c-]c(C2=NC(C3(c4cccc(-c5[c-]cc(C(C)(C)C)cc5)n4)c4ccccc4-c4ccccc43)=CCC2)cc1.[Pt+2]. The van der Waals surface area contributed by atoms with Gasteiger partial charge in [-0.15, -0.1) is 70.8 Å². The normalized spacial score (nSPS) is 15.3. The third-order valence-corrected chi connectivity index (χ3v) is 9.39. The number of fused-ring (bicyclic) bond motifs is 3. The van der Waals surface area contributed by atoms with Crippen molar-refractivity contribution in [1.29, 1.82) is 0 Å². The van der Waals surface area contributed by atoms with Gasteiger partial charge in [0.15, 0.2) is 0 Å². The van der Waals surface area contributed by atoms with Gasteiger partial charge in [0.2, 0.25) is 0 Å². The van der Waals surface area contributed by atoms with Gasteiger partial charge in [-0.2, -0.15) is 0 Å². The summed E-state index contributed by atoms with van der Waals surface area (Å²) in [5.74, 6) is 0. The Morgan fingerprint density at radius 1 is 0.630 bits per heavy atom. The summed E-state index contributed by atoms with van der Waals surface area (Å²) in [6.07, 6.45) is 4.14. The van der Waals surface area contributed by atoms with Gasteiger partial charge in [-0.05, 0) is 63.4 Å². The minimum Gasteiger partial charge on any atom is -0.304 e. The summed E-state index contributed by atoms with van der Waals surface area (Å²) in [5, 5.41) is 0. The van der Waals surface area contributed by atoms with E-state index in [9.17, 15) is 0 Å². The quantitative estimate of drug-likeness (QED) is 0.167. The summed E-state index contributed by atoms with van der Waals surface area (Å²) in [4.78, 5) is 11.0. The first-order chi connectivity index (χ1) is 21.6. The number of aromatic nitrogens is 1. The Balaban J connectivity index is 0.00000372. The Kier molecular flexibility index (Phi) is 8.41. The zero-order valence-corrected chi connectivity index (χ0v) is 29.8. The van der Waals surface area contributed by atoms with Crippen molar-refractivity contribution in [3.63, 3.8) is 0 Å². The van der Waals surface area contributed by atoms with Crippen LogP contribution < -0.4 is 0 Å². The molecule has 7 rings (SSSR count). The molecule has 0 atom stereocenters. The number of pyridine rings is 1. The molecule has 0 radical (unpaired) electrons. The van der Waals surface area contributed by atoms with Gasteiger partial charge < -0.3 is 4.99 Å². The molecule has 1 aliphatic carbocycles. The van der Waals surface area contributed by atoms with E-state index >= 15 is 0 Å². The van der Waals surface area contributed by atoms with Crippen molar-refractivity contribution in [1.82, 2.24) is 4.98 Å². The molecule has 46 heavy (non-hydrogen) atoms. The van der Waals surface area contributed by atoms with E-state index < -0.39 is 5.41 Å². The number of rotatable bonds is 4. The molecule has 0 bridgehead atoms. The fourth-order valence-electron chi connectivity index (χ4n) is 6.86. The van der Waals surface area contributed by atoms with E-state index in [2.05, 4.69) is 163 Å². The summed E-state index contributed by atoms with van der Waals surface area (Å²) < 4.78 is 0. The van der Waals surface area contributed by atoms with Gasteiger partial charge in [-0.25, -0.2) is 0 Å². The molecule has 0 amide bonds. The summed E-state index contributed by atoms with van der Waals surface area (Å²) >= 11 is 0. The predicted octanol–water partition coefficient (Wildman–Crippen LogP) is 10.4. The van der Waals surface area contributed by atoms with Gasteiger partial charge in [0.25, 0.3) is 0 Å². The number of hydrogen-bond donors (Lipinski definition) is 0. The van der Waals surface area contributed by atoms with Crippen LogP contribution in [0, 0.1) is 12.1 Å². The second kappa shape index (κ2) is 12.1. The second-order valence-corrected chi connectivity index (χ2v) is 14.4. The van der Waals surface area contributed by atoms with E-state index in [1.54, 1.807) is 0 Å². The van der Waals surface area contributed by atoms with Crippen LogP contribution in [0.1, 0.15) is 87.9 Å². The van der Waals surface area contributed by atoms with Crippen LogP contribution in [0.4, 0.5) is 0 Å². The molecule has 4 aromatic carbocycles. The first-order valence-corrected chi connectivity index (χ1v) is 16.1. The van der Waals surface area contributed by atoms with Crippen molar-refractivity contribution in [3.05, 3.63) is 161 Å². The Morgan fingerprint density at radius 3 is 1.74 bits per heavy atom. The topological polar surface area (TPSA) is 25.2 Å². The molecule has 0 unspecified atom stereocenters. The minimum atomic E-state index is -0.647. The number of benzene rings is 4. The summed E-state index contributed by atoms with van der Waals surface area (Å²) in [6, 6.07) is 44.2. The molecule has 1 aliphatic heterocycles. The molecule has 2 aliphatic rings. The van der Waals surface area contributed by atoms with Crippen LogP contribution >= 0.6 is 0 Å². The van der Waals surface area contributed by atoms with Crippen molar-refractivity contribution >= 4 is 5.71 Å². The van der Waals surface area contributed by atoms with E-state index in [1.165, 1.54) is 33.4 Å². The Hall–Kier alpha value is -3.87. The van der Waals surface area contributed by atoms with Gasteiger partial charge >= 0.3 is 21.1 Å². The van der Waals surface area contributed by atoms with E-state index in [0.29, 0.717) is 0 Å². The van der Waals surface area contributed by atoms with Gasteiger partial charge in [0, 0.05) is 5.70 Å². The predicted molar refractivity (Wildman–Crippen MR) is 187 cm³/mol. The molecular formula is C43H40N2Pt. The molecule has 2 nitrogen and oxygen atoms in total. The molecule has 0 fully saturated rings. The van der Waals surface area contributed by atoms with Crippen LogP contribution in [-0.2, 0) is 37.3 Å². The van der Waals surface area contributed by atoms with Gasteiger partial charge in [-0.1, -0.05) is 108 Å². The molecule has 5 aromatic rings. The van der Waals surface area contributed by atoms with Crippen molar-refractivity contribution in [2.75, 3.05) is 0 Å². The van der Waals surface area contributed by atoms with Crippen LogP contribution in [0.25, 0.3) is 22.4 Å². The number of allylic oxidation sites excluding steroid dienone is 2. The molecular weight excluding hydrogens is 740 g/mol. The maximum absolute atomic E-state index is 5.51. The molecule has 0 saturated heterocycles. The number of aliphatic imine (C=N–C) groups is 1. The summed E-state index contributed by atoms with van der Waals surface area (Å²) in [5.41, 5.74) is 13.1. The molecule has 3 heteroatoms. The van der Waals surface area contributed by atoms with E-state index in [0.717, 1.165) is 46.8 Å². The van der Waals surface area contributed by atoms with Crippen molar-refractivity contribution in [3.8, 4) is 22.4 Å². The smallest absolute Gasteiger partial charge is 0.304 e. The molecule has 0 spiro atoms. The average molecular weight is 780 g/mol. The Morgan fingerprint density at radius 2 is 1.20 bits per heavy atom. The maximum atomic E-state index is 5.51. The fraction of sp³-hybridized carbons (Fsp3) is 0.256. The number of hydrogen-bond acceptors (Lipinski definition) is 2. The first-order valence-electron chi connectivity index (χ1n) is 16.1. The molecule has 0 N–H and O–H groups in total. The first kappa shape index (κ1) is 32.1. The fourth-order valence-corrected chi connectivity index (χ4v) is 6.86. The standard InChI is InChI=1S/C43H40N2.Pt/c1-41(2,3)31-25-21-29(22-26-31)37-17-11-19-39(44-37)43(35-15-9-7-13-33(35)34-14-8-10-16-36(34)43)40-20-12-18-38(45-40)30-23-27-32(28-24-30)42(4,5)6;/h7-11,13-17,19-21,23,25-28H,12,18H2,1-6H3;/q-2;+2. The van der Waals surface area contributed by atoms with Crippen LogP contribution in [0.3, 0.4) is 0 Å². The largest absolute Gasteiger partial charge is 2.00 e. The van der Waals surface area contributed by atoms with Crippen LogP contribution in [-0.4, -0.2) is 10.7 Å². The summed E-state index contributed by atoms with van der Waals surface area (Å²) in [7, 11) is 0. The monoisotopic (exact) mass is 779 g/mol. The van der Waals surface area contributed by atoms with Crippen molar-refractivity contribution in [2.45, 2.75) is 70.6 Å². The molecule has 1 aromatic heterocycles. The van der Waals surface area contributed by atoms with Crippen molar-refractivity contribution in [2.24, 2.45) is 4.99 Å². The average Bonchev–Trinajstić information content (AvgIpc) is 3.35. The zero-order chi connectivity index (χ0) is 31.4. The summed E-state index contributed by atoms with van der Waals surface area (Å²) in [6.45, 7) is 13.4. The van der Waals surface area contributed by atoms with Gasteiger partial charge in [0.05, 0.1) is 5.69 Å². The maximum Gasteiger partial charge on any atom is 2.00 e. The van der Waals surface area contributed by atoms with Gasteiger partial charge in [0.1, 0.15) is 5.41 Å². The molecule has 2 heterocycles. The van der Waals surface area contributed by atoms with Gasteiger partial charge in [-0.3, -0.25) is 4.98 Å². The van der Waals surface area contributed by atoms with Crippen LogP contribution in [0.5, 0.6) is 0 Å².